The minimum Gasteiger partial charge on any atom is -0.508 e. The van der Waals surface area contributed by atoms with E-state index in [-0.39, 0.29) is 30.2 Å². The number of para-hydroxylation sites is 1. The summed E-state index contributed by atoms with van der Waals surface area (Å²) in [4.78, 5) is 53.6. The van der Waals surface area contributed by atoms with Crippen molar-refractivity contribution in [3.63, 3.8) is 0 Å². The van der Waals surface area contributed by atoms with Crippen LogP contribution in [0.5, 0.6) is 5.75 Å². The fourth-order valence-electron chi connectivity index (χ4n) is 4.65. The predicted octanol–water partition coefficient (Wildman–Crippen LogP) is 3.67. The van der Waals surface area contributed by atoms with Gasteiger partial charge < -0.3 is 31.1 Å². The lowest BCUT2D eigenvalue weighted by Crippen LogP contribution is -2.59. The van der Waals surface area contributed by atoms with Crippen LogP contribution in [0.25, 0.3) is 0 Å². The third kappa shape index (κ3) is 9.22. The molecule has 0 aromatic heterocycles. The summed E-state index contributed by atoms with van der Waals surface area (Å²) in [6.45, 7) is 10.4. The smallest absolute Gasteiger partial charge is 0.408 e. The summed E-state index contributed by atoms with van der Waals surface area (Å²) < 4.78 is 5.35. The number of nitrogens with two attached hydrogens (primary N) is 1. The number of carbonyl (C=O) groups is 4. The molecule has 1 aromatic rings. The van der Waals surface area contributed by atoms with Crippen molar-refractivity contribution < 1.29 is 29.0 Å². The normalized spacial score (nSPS) is 16.2. The Morgan fingerprint density at radius 2 is 1.66 bits per heavy atom. The van der Waals surface area contributed by atoms with Gasteiger partial charge in [0.15, 0.2) is 0 Å². The van der Waals surface area contributed by atoms with E-state index < -0.39 is 47.0 Å². The average molecular weight is 533 g/mol. The minimum absolute atomic E-state index is 0.0351. The van der Waals surface area contributed by atoms with Crippen molar-refractivity contribution in [2.75, 3.05) is 0 Å². The second-order valence-electron chi connectivity index (χ2n) is 11.9. The van der Waals surface area contributed by atoms with Gasteiger partial charge >= 0.3 is 6.09 Å². The van der Waals surface area contributed by atoms with E-state index in [2.05, 4.69) is 10.6 Å². The molecule has 2 rings (SSSR count). The number of hydrogen-bond acceptors (Lipinski definition) is 6. The zero-order valence-electron chi connectivity index (χ0n) is 23.5. The highest BCUT2D eigenvalue weighted by Crippen LogP contribution is 2.35. The van der Waals surface area contributed by atoms with E-state index in [0.717, 1.165) is 32.1 Å². The lowest BCUT2D eigenvalue weighted by molar-refractivity contribution is -0.149. The van der Waals surface area contributed by atoms with Gasteiger partial charge in [0.05, 0.1) is 0 Å². The van der Waals surface area contributed by atoms with Gasteiger partial charge in [0, 0.05) is 23.6 Å². The minimum atomic E-state index is -1.20. The van der Waals surface area contributed by atoms with Gasteiger partial charge in [0.25, 0.3) is 0 Å². The monoisotopic (exact) mass is 532 g/mol. The molecule has 1 aromatic carbocycles. The lowest BCUT2D eigenvalue weighted by Gasteiger charge is -2.43. The largest absolute Gasteiger partial charge is 0.508 e. The van der Waals surface area contributed by atoms with Crippen LogP contribution < -0.4 is 16.4 Å². The molecule has 1 fully saturated rings. The van der Waals surface area contributed by atoms with E-state index in [1.54, 1.807) is 59.7 Å². The fourth-order valence-corrected chi connectivity index (χ4v) is 4.65. The Labute approximate surface area is 225 Å². The molecule has 0 bridgehead atoms. The SMILES string of the molecule is CC(C)(C)OC(=O)NC(CCC(N)=O)C(=O)N(C(C(=O)NC1CCCCC1)c1ccccc1O)C(C)(C)C. The third-order valence-corrected chi connectivity index (χ3v) is 6.32. The molecule has 0 radical (unpaired) electrons. The first-order valence-corrected chi connectivity index (χ1v) is 13.3. The summed E-state index contributed by atoms with van der Waals surface area (Å²) in [6, 6.07) is 3.96. The Morgan fingerprint density at radius 3 is 2.18 bits per heavy atom. The maximum Gasteiger partial charge on any atom is 0.408 e. The first-order valence-electron chi connectivity index (χ1n) is 13.3. The van der Waals surface area contributed by atoms with Crippen molar-refractivity contribution in [2.45, 2.75) is 116 Å². The highest BCUT2D eigenvalue weighted by Gasteiger charge is 2.43. The number of rotatable bonds is 9. The molecule has 5 N–H and O–H groups in total. The van der Waals surface area contributed by atoms with Gasteiger partial charge in [0.1, 0.15) is 23.4 Å². The summed E-state index contributed by atoms with van der Waals surface area (Å²) in [5, 5.41) is 16.4. The van der Waals surface area contributed by atoms with Gasteiger partial charge in [0.2, 0.25) is 17.7 Å². The van der Waals surface area contributed by atoms with Crippen LogP contribution >= 0.6 is 0 Å². The number of alkyl carbamates (subject to hydrolysis) is 1. The molecule has 10 heteroatoms. The number of hydrogen-bond donors (Lipinski definition) is 4. The number of phenols is 1. The van der Waals surface area contributed by atoms with E-state index in [1.807, 2.05) is 0 Å². The second kappa shape index (κ2) is 13.0. The van der Waals surface area contributed by atoms with E-state index in [9.17, 15) is 24.3 Å². The topological polar surface area (TPSA) is 151 Å². The molecular weight excluding hydrogens is 488 g/mol. The Morgan fingerprint density at radius 1 is 1.05 bits per heavy atom. The summed E-state index contributed by atoms with van der Waals surface area (Å²) in [5.74, 6) is -1.79. The molecule has 0 aliphatic heterocycles. The maximum atomic E-state index is 14.2. The maximum absolute atomic E-state index is 14.2. The van der Waals surface area contributed by atoms with Crippen LogP contribution in [0.3, 0.4) is 0 Å². The van der Waals surface area contributed by atoms with Gasteiger partial charge in [-0.1, -0.05) is 37.5 Å². The quantitative estimate of drug-likeness (QED) is 0.381. The highest BCUT2D eigenvalue weighted by atomic mass is 16.6. The molecule has 212 valence electrons. The molecule has 10 nitrogen and oxygen atoms in total. The first-order chi connectivity index (χ1) is 17.6. The molecule has 1 aliphatic rings. The van der Waals surface area contributed by atoms with Gasteiger partial charge in [-0.3, -0.25) is 14.4 Å². The number of ether oxygens (including phenoxy) is 1. The van der Waals surface area contributed by atoms with Crippen LogP contribution in [0.4, 0.5) is 4.79 Å². The zero-order chi connectivity index (χ0) is 28.7. The second-order valence-corrected chi connectivity index (χ2v) is 11.9. The molecule has 1 aliphatic carbocycles. The van der Waals surface area contributed by atoms with Gasteiger partial charge in [-0.05, 0) is 66.9 Å². The number of aromatic hydroxyl groups is 1. The van der Waals surface area contributed by atoms with Crippen molar-refractivity contribution in [3.8, 4) is 5.75 Å². The van der Waals surface area contributed by atoms with Gasteiger partial charge in [-0.2, -0.15) is 0 Å². The molecule has 0 spiro atoms. The van der Waals surface area contributed by atoms with E-state index in [1.165, 1.54) is 11.0 Å². The van der Waals surface area contributed by atoms with Crippen molar-refractivity contribution >= 4 is 23.8 Å². The van der Waals surface area contributed by atoms with Crippen LogP contribution in [0.2, 0.25) is 0 Å². The number of phenolic OH excluding ortho intramolecular Hbond substituents is 1. The fraction of sp³-hybridized carbons (Fsp3) is 0.643. The molecule has 0 heterocycles. The molecule has 0 saturated heterocycles. The summed E-state index contributed by atoms with van der Waals surface area (Å²) in [7, 11) is 0. The molecule has 2 unspecified atom stereocenters. The molecule has 38 heavy (non-hydrogen) atoms. The standard InChI is InChI=1S/C28H44N4O6/c1-27(2,3)32(25(36)20(16-17-22(29)34)31-26(37)38-28(4,5)6)23(19-14-10-11-15-21(19)33)24(35)30-18-12-8-7-9-13-18/h10-11,14-15,18,20,23,33H,7-9,12-13,16-17H2,1-6H3,(H2,29,34)(H,30,35)(H,31,37). The Bertz CT molecular complexity index is 992. The molecule has 2 atom stereocenters. The number of primary amides is 1. The van der Waals surface area contributed by atoms with Crippen molar-refractivity contribution in [1.29, 1.82) is 0 Å². The number of amides is 4. The summed E-state index contributed by atoms with van der Waals surface area (Å²) in [5.41, 5.74) is 3.87. The first kappa shape index (κ1) is 30.9. The number of nitrogens with zero attached hydrogens (tertiary/aromatic N) is 1. The summed E-state index contributed by atoms with van der Waals surface area (Å²) >= 11 is 0. The van der Waals surface area contributed by atoms with Crippen LogP contribution in [-0.2, 0) is 19.1 Å². The lowest BCUT2D eigenvalue weighted by atomic mass is 9.92. The Hall–Kier alpha value is -3.30. The Balaban J connectivity index is 2.53. The highest BCUT2D eigenvalue weighted by molar-refractivity contribution is 5.93. The van der Waals surface area contributed by atoms with Crippen LogP contribution in [0.1, 0.15) is 98.1 Å². The van der Waals surface area contributed by atoms with Crippen LogP contribution in [-0.4, -0.2) is 57.0 Å². The van der Waals surface area contributed by atoms with Gasteiger partial charge in [-0.25, -0.2) is 4.79 Å². The van der Waals surface area contributed by atoms with Crippen molar-refractivity contribution in [1.82, 2.24) is 15.5 Å². The third-order valence-electron chi connectivity index (χ3n) is 6.32. The number of nitrogens with one attached hydrogen (secondary N) is 2. The number of benzene rings is 1. The van der Waals surface area contributed by atoms with E-state index in [4.69, 9.17) is 10.5 Å². The average Bonchev–Trinajstić information content (AvgIpc) is 2.79. The van der Waals surface area contributed by atoms with E-state index >= 15 is 0 Å². The zero-order valence-corrected chi connectivity index (χ0v) is 23.5. The van der Waals surface area contributed by atoms with E-state index in [0.29, 0.717) is 0 Å². The van der Waals surface area contributed by atoms with Crippen molar-refractivity contribution in [2.24, 2.45) is 5.73 Å². The summed E-state index contributed by atoms with van der Waals surface area (Å²) in [6.07, 6.45) is 3.71. The predicted molar refractivity (Wildman–Crippen MR) is 144 cm³/mol. The molecule has 1 saturated carbocycles. The molecule has 4 amide bonds. The molecular formula is C28H44N4O6. The van der Waals surface area contributed by atoms with Crippen molar-refractivity contribution in [3.05, 3.63) is 29.8 Å². The number of carbonyl (C=O) groups excluding carboxylic acids is 4. The Kier molecular flexibility index (Phi) is 10.6. The van der Waals surface area contributed by atoms with Gasteiger partial charge in [-0.15, -0.1) is 0 Å². The van der Waals surface area contributed by atoms with Crippen LogP contribution in [0.15, 0.2) is 24.3 Å². The van der Waals surface area contributed by atoms with Crippen LogP contribution in [0, 0.1) is 0 Å².